The number of fused-ring (bicyclic) bond motifs is 5. The number of hydrogen-bond donors (Lipinski definition) is 2. The second-order valence-corrected chi connectivity index (χ2v) is 11.3. The highest BCUT2D eigenvalue weighted by Crippen LogP contribution is 2.45. The summed E-state index contributed by atoms with van der Waals surface area (Å²) in [5.41, 5.74) is 16.3. The van der Waals surface area contributed by atoms with Crippen molar-refractivity contribution in [1.29, 1.82) is 0 Å². The molecule has 0 radical (unpaired) electrons. The first kappa shape index (κ1) is 35.7. The van der Waals surface area contributed by atoms with Crippen LogP contribution in [0.2, 0.25) is 0 Å². The zero-order chi connectivity index (χ0) is 29.0. The van der Waals surface area contributed by atoms with Gasteiger partial charge in [-0.05, 0) is 85.5 Å². The Hall–Kier alpha value is -4.11. The Labute approximate surface area is 298 Å². The van der Waals surface area contributed by atoms with Gasteiger partial charge >= 0.3 is 0 Å². The van der Waals surface area contributed by atoms with Crippen molar-refractivity contribution >= 4 is 61.1 Å². The van der Waals surface area contributed by atoms with Gasteiger partial charge in [0.15, 0.2) is 5.82 Å². The van der Waals surface area contributed by atoms with Crippen molar-refractivity contribution in [1.82, 2.24) is 19.5 Å². The number of rotatable bonds is 5. The Balaban J connectivity index is 0.00000125. The van der Waals surface area contributed by atoms with E-state index in [4.69, 9.17) is 25.4 Å². The normalized spacial score (nSPS) is 13.1. The Kier molecular flexibility index (Phi) is 10.9. The molecule has 2 aliphatic rings. The molecule has 7 nitrogen and oxygen atoms in total. The molecule has 8 rings (SSSR count). The van der Waals surface area contributed by atoms with Crippen molar-refractivity contribution in [3.8, 4) is 56.6 Å². The summed E-state index contributed by atoms with van der Waals surface area (Å²) in [6, 6.07) is 33.1. The van der Waals surface area contributed by atoms with E-state index in [1.165, 1.54) is 12.0 Å². The monoisotopic (exact) mass is 706 g/mol. The van der Waals surface area contributed by atoms with Gasteiger partial charge in [-0.25, -0.2) is 9.97 Å². The highest BCUT2D eigenvalue weighted by Gasteiger charge is 2.34. The molecule has 1 aliphatic carbocycles. The van der Waals surface area contributed by atoms with Crippen molar-refractivity contribution in [2.75, 3.05) is 12.4 Å². The number of anilines is 2. The first-order valence-corrected chi connectivity index (χ1v) is 14.6. The number of nitrogens with one attached hydrogen (secondary N) is 1. The summed E-state index contributed by atoms with van der Waals surface area (Å²) in [7, 11) is 1.67. The highest BCUT2D eigenvalue weighted by atomic mass is 35.5. The van der Waals surface area contributed by atoms with E-state index >= 15 is 0 Å². The van der Waals surface area contributed by atoms with Crippen molar-refractivity contribution in [2.24, 2.45) is 5.73 Å². The molecule has 1 saturated carbocycles. The topological polar surface area (TPSA) is 90.9 Å². The lowest BCUT2D eigenvalue weighted by atomic mass is 9.72. The molecule has 0 unspecified atom stereocenters. The first-order valence-electron chi connectivity index (χ1n) is 14.6. The number of methoxy groups -OCH3 is 1. The summed E-state index contributed by atoms with van der Waals surface area (Å²) >= 11 is 0. The molecule has 4 heterocycles. The summed E-state index contributed by atoms with van der Waals surface area (Å²) in [5.74, 6) is 2.44. The average Bonchev–Trinajstić information content (AvgIpc) is 3.38. The minimum absolute atomic E-state index is 0. The number of hydrogen-bond acceptors (Lipinski definition) is 6. The second kappa shape index (κ2) is 14.3. The third-order valence-corrected chi connectivity index (χ3v) is 8.73. The van der Waals surface area contributed by atoms with E-state index in [2.05, 4.69) is 58.4 Å². The van der Waals surface area contributed by atoms with Crippen LogP contribution in [0.1, 0.15) is 24.8 Å². The fraction of sp³-hybridized carbons (Fsp3) is 0.139. The van der Waals surface area contributed by atoms with Crippen LogP contribution in [0.3, 0.4) is 0 Å². The smallest absolute Gasteiger partial charge is 0.154 e. The van der Waals surface area contributed by atoms with Crippen molar-refractivity contribution < 1.29 is 4.74 Å². The summed E-state index contributed by atoms with van der Waals surface area (Å²) in [5, 5.41) is 3.54. The van der Waals surface area contributed by atoms with Crippen LogP contribution in [-0.4, -0.2) is 26.6 Å². The van der Waals surface area contributed by atoms with Gasteiger partial charge in [0.2, 0.25) is 0 Å². The molecule has 242 valence electrons. The molecular formula is C36H34Cl4N6O. The van der Waals surface area contributed by atoms with Crippen molar-refractivity contribution in [2.45, 2.75) is 24.8 Å². The molecule has 11 heteroatoms. The number of aromatic nitrogens is 4. The Bertz CT molecular complexity index is 1980. The predicted molar refractivity (Wildman–Crippen MR) is 199 cm³/mol. The molecule has 0 spiro atoms. The molecule has 6 aromatic rings. The quantitative estimate of drug-likeness (QED) is 0.185. The lowest BCUT2D eigenvalue weighted by Crippen LogP contribution is -2.43. The fourth-order valence-corrected chi connectivity index (χ4v) is 6.16. The summed E-state index contributed by atoms with van der Waals surface area (Å²) in [4.78, 5) is 14.9. The SMILES string of the molecule is COc1ccc(-c2ccc(-c3nc4n(c3-c3ccc(C5(N)CCC5)cc3)-c3cccnc3Nc3ccccc3-4)cn2)cc1.Cl.Cl.Cl.Cl. The Morgan fingerprint density at radius 3 is 2.13 bits per heavy atom. The number of halogens is 4. The largest absolute Gasteiger partial charge is 0.497 e. The maximum Gasteiger partial charge on any atom is 0.154 e. The van der Waals surface area contributed by atoms with Gasteiger partial charge in [-0.3, -0.25) is 9.55 Å². The third-order valence-electron chi connectivity index (χ3n) is 8.73. The Morgan fingerprint density at radius 2 is 1.47 bits per heavy atom. The summed E-state index contributed by atoms with van der Waals surface area (Å²) in [6.45, 7) is 0. The van der Waals surface area contributed by atoms with Gasteiger partial charge in [0.05, 0.1) is 35.6 Å². The number of benzene rings is 3. The molecule has 3 N–H and O–H groups in total. The lowest BCUT2D eigenvalue weighted by Gasteiger charge is -2.38. The maximum absolute atomic E-state index is 6.69. The van der Waals surface area contributed by atoms with Crippen molar-refractivity contribution in [3.05, 3.63) is 115 Å². The van der Waals surface area contributed by atoms with E-state index in [1.807, 2.05) is 60.9 Å². The van der Waals surface area contributed by atoms with Crippen LogP contribution in [0.15, 0.2) is 109 Å². The standard InChI is InChI=1S/C36H30N6O.4ClH/c1-43-27-16-11-23(12-17-27)29-18-13-25(22-39-29)32-33(24-9-14-26(15-10-24)36(37)19-5-20-36)42-31-8-4-21-38-34(31)40-30-7-3-2-6-28(30)35(42)41-32;;;;/h2-4,6-18,21-22H,5,19-20,37H2,1H3,(H,38,40);4*1H. The average molecular weight is 709 g/mol. The zero-order valence-electron chi connectivity index (χ0n) is 25.4. The van der Waals surface area contributed by atoms with Gasteiger partial charge < -0.3 is 15.8 Å². The molecule has 0 bridgehead atoms. The lowest BCUT2D eigenvalue weighted by molar-refractivity contribution is 0.253. The van der Waals surface area contributed by atoms with E-state index in [9.17, 15) is 0 Å². The van der Waals surface area contributed by atoms with Crippen LogP contribution in [0, 0.1) is 0 Å². The van der Waals surface area contributed by atoms with Crippen LogP contribution in [0.5, 0.6) is 5.75 Å². The van der Waals surface area contributed by atoms with Crippen LogP contribution < -0.4 is 15.8 Å². The van der Waals surface area contributed by atoms with Gasteiger partial charge in [-0.1, -0.05) is 36.4 Å². The molecule has 0 amide bonds. The number of para-hydroxylation sites is 1. The number of pyridine rings is 2. The van der Waals surface area contributed by atoms with E-state index in [1.54, 1.807) is 7.11 Å². The molecule has 47 heavy (non-hydrogen) atoms. The van der Waals surface area contributed by atoms with Gasteiger partial charge in [0.1, 0.15) is 11.6 Å². The number of nitrogens with zero attached hydrogens (tertiary/aromatic N) is 4. The third kappa shape index (κ3) is 6.18. The maximum atomic E-state index is 6.69. The summed E-state index contributed by atoms with van der Waals surface area (Å²) < 4.78 is 7.55. The zero-order valence-corrected chi connectivity index (χ0v) is 28.7. The van der Waals surface area contributed by atoms with Gasteiger partial charge in [0, 0.05) is 40.2 Å². The fourth-order valence-electron chi connectivity index (χ4n) is 6.16. The molecule has 1 aliphatic heterocycles. The highest BCUT2D eigenvalue weighted by molar-refractivity contribution is 5.91. The van der Waals surface area contributed by atoms with Crippen LogP contribution in [0.4, 0.5) is 11.5 Å². The molecular weight excluding hydrogens is 674 g/mol. The molecule has 1 fully saturated rings. The minimum Gasteiger partial charge on any atom is -0.497 e. The number of nitrogens with two attached hydrogens (primary N) is 1. The molecule has 0 atom stereocenters. The van der Waals surface area contributed by atoms with E-state index in [0.717, 1.165) is 80.9 Å². The van der Waals surface area contributed by atoms with Crippen LogP contribution in [0.25, 0.3) is 50.8 Å². The van der Waals surface area contributed by atoms with Gasteiger partial charge in [0.25, 0.3) is 0 Å². The van der Waals surface area contributed by atoms with E-state index < -0.39 is 0 Å². The Morgan fingerprint density at radius 1 is 0.766 bits per heavy atom. The van der Waals surface area contributed by atoms with Crippen LogP contribution >= 0.6 is 49.6 Å². The number of ether oxygens (including phenoxy) is 1. The molecule has 0 saturated heterocycles. The summed E-state index contributed by atoms with van der Waals surface area (Å²) in [6.07, 6.45) is 6.94. The van der Waals surface area contributed by atoms with E-state index in [-0.39, 0.29) is 55.2 Å². The second-order valence-electron chi connectivity index (χ2n) is 11.3. The van der Waals surface area contributed by atoms with E-state index in [0.29, 0.717) is 0 Å². The molecule has 3 aromatic carbocycles. The van der Waals surface area contributed by atoms with Crippen molar-refractivity contribution in [3.63, 3.8) is 0 Å². The molecule has 3 aromatic heterocycles. The van der Waals surface area contributed by atoms with Gasteiger partial charge in [-0.15, -0.1) is 49.6 Å². The predicted octanol–water partition coefficient (Wildman–Crippen LogP) is 9.42. The number of imidazole rings is 1. The van der Waals surface area contributed by atoms with Crippen LogP contribution in [-0.2, 0) is 5.54 Å². The first-order chi connectivity index (χ1) is 21.1. The minimum atomic E-state index is -0.226. The van der Waals surface area contributed by atoms with Gasteiger partial charge in [-0.2, -0.15) is 0 Å².